The number of nitrogens with zero attached hydrogens (tertiary/aromatic N) is 1. The Hall–Kier alpha value is -1.09. The van der Waals surface area contributed by atoms with Crippen molar-refractivity contribution >= 4 is 11.3 Å². The molecule has 0 radical (unpaired) electrons. The lowest BCUT2D eigenvalue weighted by molar-refractivity contribution is 0.338. The Labute approximate surface area is 86.6 Å². The van der Waals surface area contributed by atoms with E-state index in [9.17, 15) is 0 Å². The zero-order chi connectivity index (χ0) is 9.38. The minimum atomic E-state index is 0.587. The van der Waals surface area contributed by atoms with Crippen LogP contribution in [0.1, 0.15) is 31.1 Å². The van der Waals surface area contributed by atoms with Gasteiger partial charge in [-0.3, -0.25) is 0 Å². The summed E-state index contributed by atoms with van der Waals surface area (Å²) >= 11 is 1.69. The van der Waals surface area contributed by atoms with Crippen molar-refractivity contribution in [1.82, 2.24) is 4.98 Å². The quantitative estimate of drug-likeness (QED) is 0.747. The monoisotopic (exact) mass is 205 g/mol. The molecule has 0 saturated heterocycles. The Morgan fingerprint density at radius 1 is 1.43 bits per heavy atom. The molecule has 0 spiro atoms. The second-order valence-electron chi connectivity index (χ2n) is 3.67. The van der Waals surface area contributed by atoms with Gasteiger partial charge in [-0.25, -0.2) is 4.98 Å². The van der Waals surface area contributed by atoms with Crippen molar-refractivity contribution in [2.24, 2.45) is 0 Å². The molecule has 2 heterocycles. The molecule has 0 aromatic carbocycles. The molecule has 0 N–H and O–H groups in total. The summed E-state index contributed by atoms with van der Waals surface area (Å²) in [6, 6.07) is 4.10. The van der Waals surface area contributed by atoms with Crippen LogP contribution in [0.25, 0.3) is 10.6 Å². The molecule has 1 aliphatic rings. The van der Waals surface area contributed by atoms with Crippen LogP contribution < -0.4 is 0 Å². The molecule has 2 aromatic rings. The molecule has 1 fully saturated rings. The highest BCUT2D eigenvalue weighted by atomic mass is 32.1. The first-order valence-corrected chi connectivity index (χ1v) is 5.81. The summed E-state index contributed by atoms with van der Waals surface area (Å²) < 4.78 is 5.73. The Morgan fingerprint density at radius 2 is 2.36 bits per heavy atom. The first kappa shape index (κ1) is 8.24. The van der Waals surface area contributed by atoms with Gasteiger partial charge >= 0.3 is 0 Å². The maximum atomic E-state index is 5.73. The second kappa shape index (κ2) is 3.24. The average molecular weight is 205 g/mol. The van der Waals surface area contributed by atoms with Gasteiger partial charge in [0, 0.05) is 5.92 Å². The van der Waals surface area contributed by atoms with E-state index < -0.39 is 0 Å². The van der Waals surface area contributed by atoms with Crippen molar-refractivity contribution in [2.75, 3.05) is 0 Å². The molecule has 3 rings (SSSR count). The van der Waals surface area contributed by atoms with E-state index in [-0.39, 0.29) is 0 Å². The van der Waals surface area contributed by atoms with Crippen LogP contribution in [0.5, 0.6) is 0 Å². The van der Waals surface area contributed by atoms with Crippen LogP contribution in [0, 0.1) is 0 Å². The number of rotatable bonds is 2. The molecule has 0 aliphatic heterocycles. The van der Waals surface area contributed by atoms with E-state index in [4.69, 9.17) is 4.42 Å². The number of hydrogen-bond acceptors (Lipinski definition) is 3. The lowest BCUT2D eigenvalue weighted by Gasteiger charge is -2.21. The third kappa shape index (κ3) is 1.28. The van der Waals surface area contributed by atoms with Crippen molar-refractivity contribution in [2.45, 2.75) is 25.2 Å². The molecule has 2 aromatic heterocycles. The lowest BCUT2D eigenvalue weighted by atomic mass is 9.85. The van der Waals surface area contributed by atoms with Gasteiger partial charge < -0.3 is 4.42 Å². The van der Waals surface area contributed by atoms with Crippen LogP contribution >= 0.6 is 11.3 Å². The number of hydrogen-bond donors (Lipinski definition) is 0. The standard InChI is InChI=1S/C11H11NOS/c1-3-8(4-1)11-12-7-9(13-11)10-5-2-6-14-10/h2,5-8H,1,3-4H2. The van der Waals surface area contributed by atoms with E-state index in [0.717, 1.165) is 11.7 Å². The van der Waals surface area contributed by atoms with E-state index in [1.165, 1.54) is 24.1 Å². The predicted octanol–water partition coefficient (Wildman–Crippen LogP) is 3.67. The Morgan fingerprint density at radius 3 is 3.00 bits per heavy atom. The van der Waals surface area contributed by atoms with Gasteiger partial charge in [-0.2, -0.15) is 0 Å². The van der Waals surface area contributed by atoms with Crippen molar-refractivity contribution < 1.29 is 4.42 Å². The fourth-order valence-corrected chi connectivity index (χ4v) is 2.34. The van der Waals surface area contributed by atoms with Crippen LogP contribution in [0.15, 0.2) is 28.1 Å². The number of thiophene rings is 1. The van der Waals surface area contributed by atoms with Gasteiger partial charge in [-0.05, 0) is 24.3 Å². The van der Waals surface area contributed by atoms with E-state index in [1.54, 1.807) is 11.3 Å². The molecule has 14 heavy (non-hydrogen) atoms. The SMILES string of the molecule is c1csc(-c2cnc(C3CCC3)o2)c1. The highest BCUT2D eigenvalue weighted by Crippen LogP contribution is 2.37. The van der Waals surface area contributed by atoms with E-state index in [0.29, 0.717) is 5.92 Å². The zero-order valence-corrected chi connectivity index (χ0v) is 8.59. The Bertz CT molecular complexity index is 414. The van der Waals surface area contributed by atoms with Gasteiger partial charge in [0.25, 0.3) is 0 Å². The Balaban J connectivity index is 1.90. The zero-order valence-electron chi connectivity index (χ0n) is 7.77. The third-order valence-electron chi connectivity index (χ3n) is 2.74. The molecule has 1 aliphatic carbocycles. The van der Waals surface area contributed by atoms with Gasteiger partial charge in [0.2, 0.25) is 0 Å². The van der Waals surface area contributed by atoms with Crippen molar-refractivity contribution in [3.8, 4) is 10.6 Å². The topological polar surface area (TPSA) is 26.0 Å². The fraction of sp³-hybridized carbons (Fsp3) is 0.364. The molecular weight excluding hydrogens is 194 g/mol. The molecule has 0 unspecified atom stereocenters. The minimum Gasteiger partial charge on any atom is -0.440 e. The molecule has 0 atom stereocenters. The average Bonchev–Trinajstić information content (AvgIpc) is 2.65. The first-order chi connectivity index (χ1) is 6.93. The van der Waals surface area contributed by atoms with Gasteiger partial charge in [0.15, 0.2) is 11.7 Å². The highest BCUT2D eigenvalue weighted by molar-refractivity contribution is 7.13. The predicted molar refractivity (Wildman–Crippen MR) is 56.4 cm³/mol. The van der Waals surface area contributed by atoms with Crippen molar-refractivity contribution in [3.05, 3.63) is 29.6 Å². The molecule has 2 nitrogen and oxygen atoms in total. The number of aromatic nitrogens is 1. The summed E-state index contributed by atoms with van der Waals surface area (Å²) in [7, 11) is 0. The summed E-state index contributed by atoms with van der Waals surface area (Å²) in [6.07, 6.45) is 5.65. The van der Waals surface area contributed by atoms with Gasteiger partial charge in [-0.15, -0.1) is 11.3 Å². The fourth-order valence-electron chi connectivity index (χ4n) is 1.66. The molecule has 0 amide bonds. The lowest BCUT2D eigenvalue weighted by Crippen LogP contribution is -2.08. The third-order valence-corrected chi connectivity index (χ3v) is 3.63. The molecule has 3 heteroatoms. The van der Waals surface area contributed by atoms with Gasteiger partial charge in [0.05, 0.1) is 11.1 Å². The first-order valence-electron chi connectivity index (χ1n) is 4.93. The second-order valence-corrected chi connectivity index (χ2v) is 4.62. The largest absolute Gasteiger partial charge is 0.440 e. The Kier molecular flexibility index (Phi) is 1.91. The normalized spacial score (nSPS) is 16.9. The molecular formula is C11H11NOS. The van der Waals surface area contributed by atoms with Crippen LogP contribution in [0.2, 0.25) is 0 Å². The smallest absolute Gasteiger partial charge is 0.198 e. The van der Waals surface area contributed by atoms with Crippen LogP contribution in [0.4, 0.5) is 0 Å². The van der Waals surface area contributed by atoms with Gasteiger partial charge in [-0.1, -0.05) is 12.5 Å². The summed E-state index contributed by atoms with van der Waals surface area (Å²) in [6.45, 7) is 0. The highest BCUT2D eigenvalue weighted by Gasteiger charge is 2.24. The van der Waals surface area contributed by atoms with E-state index in [2.05, 4.69) is 16.4 Å². The maximum absolute atomic E-state index is 5.73. The van der Waals surface area contributed by atoms with Crippen molar-refractivity contribution in [1.29, 1.82) is 0 Å². The maximum Gasteiger partial charge on any atom is 0.198 e. The number of oxazole rings is 1. The summed E-state index contributed by atoms with van der Waals surface area (Å²) in [5, 5.41) is 2.06. The minimum absolute atomic E-state index is 0.587. The molecule has 72 valence electrons. The van der Waals surface area contributed by atoms with Crippen LogP contribution in [0.3, 0.4) is 0 Å². The van der Waals surface area contributed by atoms with E-state index >= 15 is 0 Å². The van der Waals surface area contributed by atoms with Crippen LogP contribution in [-0.2, 0) is 0 Å². The van der Waals surface area contributed by atoms with Gasteiger partial charge in [0.1, 0.15) is 0 Å². The van der Waals surface area contributed by atoms with Crippen molar-refractivity contribution in [3.63, 3.8) is 0 Å². The summed E-state index contributed by atoms with van der Waals surface area (Å²) in [4.78, 5) is 5.50. The summed E-state index contributed by atoms with van der Waals surface area (Å²) in [5.74, 6) is 2.44. The van der Waals surface area contributed by atoms with E-state index in [1.807, 2.05) is 12.3 Å². The molecule has 1 saturated carbocycles. The summed E-state index contributed by atoms with van der Waals surface area (Å²) in [5.41, 5.74) is 0. The van der Waals surface area contributed by atoms with Crippen LogP contribution in [-0.4, -0.2) is 4.98 Å². The molecule has 0 bridgehead atoms.